The van der Waals surface area contributed by atoms with Gasteiger partial charge in [-0.3, -0.25) is 10.2 Å². The normalized spacial score (nSPS) is 14.6. The van der Waals surface area contributed by atoms with Crippen LogP contribution >= 0.6 is 12.2 Å². The van der Waals surface area contributed by atoms with E-state index in [4.69, 9.17) is 17.4 Å². The summed E-state index contributed by atoms with van der Waals surface area (Å²) in [6.45, 7) is -0.0854. The first-order chi connectivity index (χ1) is 16.9. The molecular formula is C23H18F3N5O3S2. The molecule has 3 aromatic rings. The molecule has 0 atom stereocenters. The first-order valence-electron chi connectivity index (χ1n) is 10.3. The smallest absolute Gasteiger partial charge is 0.331 e. The number of nitrogens with one attached hydrogen (secondary N) is 2. The van der Waals surface area contributed by atoms with Gasteiger partial charge in [0, 0.05) is 11.3 Å². The maximum atomic E-state index is 13.8. The first-order valence-corrected chi connectivity index (χ1v) is 12.2. The molecule has 0 spiro atoms. The van der Waals surface area contributed by atoms with Crippen LogP contribution in [0.2, 0.25) is 0 Å². The molecule has 4 rings (SSSR count). The van der Waals surface area contributed by atoms with Gasteiger partial charge in [0.25, 0.3) is 5.91 Å². The maximum absolute atomic E-state index is 13.8. The molecule has 0 saturated carbocycles. The van der Waals surface area contributed by atoms with Gasteiger partial charge in [-0.15, -0.1) is 0 Å². The number of benzene rings is 3. The van der Waals surface area contributed by atoms with Crippen LogP contribution in [0.15, 0.2) is 82.8 Å². The van der Waals surface area contributed by atoms with Crippen molar-refractivity contribution in [3.8, 4) is 0 Å². The number of hydrazone groups is 1. The van der Waals surface area contributed by atoms with Crippen molar-refractivity contribution in [1.29, 1.82) is 0 Å². The number of nitrogens with two attached hydrogens (primary N) is 1. The number of sulfonamides is 1. The van der Waals surface area contributed by atoms with Crippen molar-refractivity contribution in [3.63, 3.8) is 0 Å². The van der Waals surface area contributed by atoms with E-state index >= 15 is 0 Å². The topological polar surface area (TPSA) is 117 Å². The van der Waals surface area contributed by atoms with Crippen LogP contribution in [-0.4, -0.2) is 25.1 Å². The molecule has 186 valence electrons. The molecule has 36 heavy (non-hydrogen) atoms. The van der Waals surface area contributed by atoms with Crippen LogP contribution in [0.1, 0.15) is 16.7 Å². The molecule has 0 bridgehead atoms. The molecule has 3 aromatic carbocycles. The predicted octanol–water partition coefficient (Wildman–Crippen LogP) is 3.59. The number of hydrogen-bond donors (Lipinski definition) is 3. The Bertz CT molecular complexity index is 1460. The number of thiocarbonyl (C=S) groups is 1. The van der Waals surface area contributed by atoms with Crippen LogP contribution in [0.3, 0.4) is 0 Å². The van der Waals surface area contributed by atoms with Gasteiger partial charge in [-0.25, -0.2) is 13.6 Å². The van der Waals surface area contributed by atoms with Crippen molar-refractivity contribution in [2.45, 2.75) is 17.6 Å². The second-order valence-corrected chi connectivity index (χ2v) is 9.64. The molecule has 1 aliphatic heterocycles. The van der Waals surface area contributed by atoms with Gasteiger partial charge in [-0.05, 0) is 48.1 Å². The third kappa shape index (κ3) is 5.37. The molecule has 0 aliphatic carbocycles. The zero-order valence-electron chi connectivity index (χ0n) is 18.3. The SMILES string of the molecule is NS(=O)(=O)c1ccc(NC(=S)NN=C2C(=O)N(Cc3ccccc3)c3c2cccc3C(F)(F)F)cc1. The Kier molecular flexibility index (Phi) is 6.80. The summed E-state index contributed by atoms with van der Waals surface area (Å²) in [5.74, 6) is -0.724. The highest BCUT2D eigenvalue weighted by atomic mass is 32.2. The third-order valence-corrected chi connectivity index (χ3v) is 6.33. The number of primary sulfonamides is 1. The maximum Gasteiger partial charge on any atom is 0.418 e. The summed E-state index contributed by atoms with van der Waals surface area (Å²) in [5.41, 5.74) is 2.05. The molecule has 13 heteroatoms. The Balaban J connectivity index is 1.61. The van der Waals surface area contributed by atoms with Crippen molar-refractivity contribution in [1.82, 2.24) is 5.43 Å². The highest BCUT2D eigenvalue weighted by Gasteiger charge is 2.43. The summed E-state index contributed by atoms with van der Waals surface area (Å²) >= 11 is 5.16. The lowest BCUT2D eigenvalue weighted by molar-refractivity contribution is -0.137. The monoisotopic (exact) mass is 533 g/mol. The molecule has 0 radical (unpaired) electrons. The Morgan fingerprint density at radius 3 is 2.28 bits per heavy atom. The average Bonchev–Trinajstić information content (AvgIpc) is 3.08. The second-order valence-electron chi connectivity index (χ2n) is 7.67. The number of para-hydroxylation sites is 1. The van der Waals surface area contributed by atoms with E-state index in [1.165, 1.54) is 36.4 Å². The minimum Gasteiger partial charge on any atom is -0.331 e. The number of carbonyl (C=O) groups is 1. The molecule has 1 aliphatic rings. The summed E-state index contributed by atoms with van der Waals surface area (Å²) in [6, 6.07) is 17.5. The van der Waals surface area contributed by atoms with E-state index in [-0.39, 0.29) is 33.5 Å². The van der Waals surface area contributed by atoms with Gasteiger partial charge in [0.15, 0.2) is 10.8 Å². The average molecular weight is 534 g/mol. The fourth-order valence-electron chi connectivity index (χ4n) is 3.62. The van der Waals surface area contributed by atoms with Crippen molar-refractivity contribution < 1.29 is 26.4 Å². The number of amides is 1. The lowest BCUT2D eigenvalue weighted by Crippen LogP contribution is -2.32. The largest absolute Gasteiger partial charge is 0.418 e. The molecule has 0 fully saturated rings. The summed E-state index contributed by atoms with van der Waals surface area (Å²) in [6.07, 6.45) is -4.69. The van der Waals surface area contributed by atoms with E-state index < -0.39 is 27.7 Å². The Hall–Kier alpha value is -3.81. The van der Waals surface area contributed by atoms with Gasteiger partial charge in [0.05, 0.1) is 22.7 Å². The zero-order valence-corrected chi connectivity index (χ0v) is 19.9. The van der Waals surface area contributed by atoms with E-state index in [0.29, 0.717) is 11.3 Å². The molecule has 4 N–H and O–H groups in total. The van der Waals surface area contributed by atoms with Crippen LogP contribution in [0.25, 0.3) is 0 Å². The summed E-state index contributed by atoms with van der Waals surface area (Å²) in [7, 11) is -3.87. The van der Waals surface area contributed by atoms with Crippen molar-refractivity contribution in [3.05, 3.63) is 89.5 Å². The van der Waals surface area contributed by atoms with Crippen molar-refractivity contribution >= 4 is 50.3 Å². The van der Waals surface area contributed by atoms with Gasteiger partial charge < -0.3 is 10.2 Å². The number of rotatable bonds is 5. The molecule has 1 amide bonds. The van der Waals surface area contributed by atoms with E-state index in [1.807, 2.05) is 0 Å². The zero-order chi connectivity index (χ0) is 26.1. The number of anilines is 2. The van der Waals surface area contributed by atoms with Crippen molar-refractivity contribution in [2.75, 3.05) is 10.2 Å². The number of alkyl halides is 3. The van der Waals surface area contributed by atoms with Crippen LogP contribution in [0.4, 0.5) is 24.5 Å². The van der Waals surface area contributed by atoms with Gasteiger partial charge >= 0.3 is 6.18 Å². The summed E-state index contributed by atoms with van der Waals surface area (Å²) in [4.78, 5) is 14.1. The van der Waals surface area contributed by atoms with E-state index in [1.54, 1.807) is 30.3 Å². The van der Waals surface area contributed by atoms with Crippen LogP contribution in [0, 0.1) is 0 Å². The first kappa shape index (κ1) is 25.3. The van der Waals surface area contributed by atoms with Gasteiger partial charge in [-0.2, -0.15) is 18.3 Å². The van der Waals surface area contributed by atoms with Gasteiger partial charge in [0.1, 0.15) is 0 Å². The highest BCUT2D eigenvalue weighted by Crippen LogP contribution is 2.42. The third-order valence-electron chi connectivity index (χ3n) is 5.21. The minimum atomic E-state index is -4.69. The predicted molar refractivity (Wildman–Crippen MR) is 133 cm³/mol. The Labute approximate surface area is 209 Å². The lowest BCUT2D eigenvalue weighted by atomic mass is 10.1. The van der Waals surface area contributed by atoms with E-state index in [9.17, 15) is 26.4 Å². The number of nitrogens with zero attached hydrogens (tertiary/aromatic N) is 2. The molecule has 1 heterocycles. The summed E-state index contributed by atoms with van der Waals surface area (Å²) < 4.78 is 64.1. The quantitative estimate of drug-likeness (QED) is 0.341. The second kappa shape index (κ2) is 9.68. The highest BCUT2D eigenvalue weighted by molar-refractivity contribution is 7.89. The minimum absolute atomic E-state index is 0.0126. The molecular weight excluding hydrogens is 515 g/mol. The van der Waals surface area contributed by atoms with Gasteiger partial charge in [-0.1, -0.05) is 42.5 Å². The Morgan fingerprint density at radius 2 is 1.67 bits per heavy atom. The fraction of sp³-hybridized carbons (Fsp3) is 0.0870. The van der Waals surface area contributed by atoms with Gasteiger partial charge in [0.2, 0.25) is 10.0 Å². The van der Waals surface area contributed by atoms with E-state index in [0.717, 1.165) is 11.0 Å². The molecule has 8 nitrogen and oxygen atoms in total. The van der Waals surface area contributed by atoms with Crippen LogP contribution in [-0.2, 0) is 27.5 Å². The lowest BCUT2D eigenvalue weighted by Gasteiger charge is -2.21. The number of carbonyl (C=O) groups excluding carboxylic acids is 1. The molecule has 0 unspecified atom stereocenters. The van der Waals surface area contributed by atoms with Crippen LogP contribution < -0.4 is 20.8 Å². The van der Waals surface area contributed by atoms with Crippen LogP contribution in [0.5, 0.6) is 0 Å². The number of hydrogen-bond acceptors (Lipinski definition) is 5. The fourth-order valence-corrected chi connectivity index (χ4v) is 4.30. The number of fused-ring (bicyclic) bond motifs is 1. The summed E-state index contributed by atoms with van der Waals surface area (Å²) in [5, 5.41) is 11.7. The Morgan fingerprint density at radius 1 is 1.00 bits per heavy atom. The molecule has 0 saturated heterocycles. The van der Waals surface area contributed by atoms with E-state index in [2.05, 4.69) is 15.8 Å². The van der Waals surface area contributed by atoms with Crippen molar-refractivity contribution in [2.24, 2.45) is 10.2 Å². The number of halogens is 3. The molecule has 0 aromatic heterocycles. The standard InChI is InChI=1S/C23H18F3N5O3S2/c24-23(25,26)18-8-4-7-17-19(21(32)31(20(17)18)13-14-5-2-1-3-6-14)29-30-22(35)28-15-9-11-16(12-10-15)36(27,33)34/h1-12H,13H2,(H2,27,33,34)(H2,28,30,35).